The maximum absolute atomic E-state index is 13.2. The minimum Gasteiger partial charge on any atom is -0.496 e. The Balaban J connectivity index is 1.77. The van der Waals surface area contributed by atoms with Crippen LogP contribution in [0.5, 0.6) is 17.2 Å². The molecule has 2 aromatic carbocycles. The van der Waals surface area contributed by atoms with Crippen LogP contribution < -0.4 is 19.5 Å². The van der Waals surface area contributed by atoms with Gasteiger partial charge in [0, 0.05) is 24.4 Å². The Morgan fingerprint density at radius 1 is 1.14 bits per heavy atom. The molecule has 146 valence electrons. The summed E-state index contributed by atoms with van der Waals surface area (Å²) in [6, 6.07) is 10.8. The Morgan fingerprint density at radius 3 is 2.64 bits per heavy atom. The van der Waals surface area contributed by atoms with Crippen LogP contribution in [0.15, 0.2) is 48.7 Å². The van der Waals surface area contributed by atoms with Crippen LogP contribution in [-0.4, -0.2) is 36.5 Å². The maximum atomic E-state index is 13.2. The van der Waals surface area contributed by atoms with E-state index < -0.39 is 5.82 Å². The predicted molar refractivity (Wildman–Crippen MR) is 102 cm³/mol. The lowest BCUT2D eigenvalue weighted by Gasteiger charge is -2.13. The molecule has 28 heavy (non-hydrogen) atoms. The van der Waals surface area contributed by atoms with Crippen molar-refractivity contribution in [1.82, 2.24) is 9.78 Å². The van der Waals surface area contributed by atoms with Gasteiger partial charge in [-0.15, -0.1) is 0 Å². The van der Waals surface area contributed by atoms with Gasteiger partial charge in [0.15, 0.2) is 12.4 Å². The quantitative estimate of drug-likeness (QED) is 0.676. The molecule has 7 nitrogen and oxygen atoms in total. The van der Waals surface area contributed by atoms with Crippen LogP contribution in [0.1, 0.15) is 0 Å². The van der Waals surface area contributed by atoms with E-state index in [4.69, 9.17) is 14.2 Å². The van der Waals surface area contributed by atoms with Crippen LogP contribution >= 0.6 is 0 Å². The monoisotopic (exact) mass is 385 g/mol. The molecule has 0 radical (unpaired) electrons. The summed E-state index contributed by atoms with van der Waals surface area (Å²) in [7, 11) is 4.91. The Hall–Kier alpha value is -3.55. The number of rotatable bonds is 7. The van der Waals surface area contributed by atoms with Gasteiger partial charge < -0.3 is 19.5 Å². The number of aromatic nitrogens is 2. The number of hydrogen-bond donors (Lipinski definition) is 1. The van der Waals surface area contributed by atoms with E-state index in [2.05, 4.69) is 10.4 Å². The first-order valence-electron chi connectivity index (χ1n) is 8.44. The second kappa shape index (κ2) is 8.43. The number of methoxy groups -OCH3 is 2. The van der Waals surface area contributed by atoms with Gasteiger partial charge in [-0.1, -0.05) is 6.07 Å². The van der Waals surface area contributed by atoms with Crippen LogP contribution in [0, 0.1) is 5.82 Å². The second-order valence-corrected chi connectivity index (χ2v) is 5.89. The van der Waals surface area contributed by atoms with E-state index in [1.54, 1.807) is 56.4 Å². The highest BCUT2D eigenvalue weighted by molar-refractivity contribution is 5.93. The highest BCUT2D eigenvalue weighted by atomic mass is 19.1. The molecule has 0 saturated heterocycles. The van der Waals surface area contributed by atoms with Gasteiger partial charge in [-0.05, 0) is 30.3 Å². The van der Waals surface area contributed by atoms with E-state index in [0.717, 1.165) is 0 Å². The minimum atomic E-state index is -0.428. The molecule has 0 spiro atoms. The molecular formula is C20H20FN3O4. The van der Waals surface area contributed by atoms with Crippen LogP contribution in [0.2, 0.25) is 0 Å². The Kier molecular flexibility index (Phi) is 5.78. The summed E-state index contributed by atoms with van der Waals surface area (Å²) in [6.45, 7) is -0.250. The van der Waals surface area contributed by atoms with Crippen molar-refractivity contribution in [2.45, 2.75) is 0 Å². The Morgan fingerprint density at radius 2 is 1.93 bits per heavy atom. The number of aryl methyl sites for hydroxylation is 1. The zero-order chi connectivity index (χ0) is 20.1. The highest BCUT2D eigenvalue weighted by Crippen LogP contribution is 2.37. The Bertz CT molecular complexity index is 987. The van der Waals surface area contributed by atoms with Crippen molar-refractivity contribution in [1.29, 1.82) is 0 Å². The molecule has 0 aliphatic rings. The topological polar surface area (TPSA) is 74.6 Å². The third kappa shape index (κ3) is 4.22. The number of ether oxygens (including phenoxy) is 3. The fourth-order valence-corrected chi connectivity index (χ4v) is 2.75. The van der Waals surface area contributed by atoms with E-state index in [1.807, 2.05) is 0 Å². The summed E-state index contributed by atoms with van der Waals surface area (Å²) in [6.07, 6.45) is 1.60. The molecule has 1 aromatic heterocycles. The molecule has 0 aliphatic carbocycles. The first kappa shape index (κ1) is 19.2. The molecule has 1 amide bonds. The molecule has 1 N–H and O–H groups in total. The summed E-state index contributed by atoms with van der Waals surface area (Å²) in [5, 5.41) is 6.95. The van der Waals surface area contributed by atoms with E-state index >= 15 is 0 Å². The van der Waals surface area contributed by atoms with Crippen molar-refractivity contribution < 1.29 is 23.4 Å². The van der Waals surface area contributed by atoms with Gasteiger partial charge in [-0.25, -0.2) is 4.39 Å². The molecule has 0 fully saturated rings. The van der Waals surface area contributed by atoms with Crippen molar-refractivity contribution >= 4 is 11.6 Å². The number of halogens is 1. The zero-order valence-electron chi connectivity index (χ0n) is 15.7. The molecule has 0 atom stereocenters. The molecule has 8 heteroatoms. The largest absolute Gasteiger partial charge is 0.496 e. The fourth-order valence-electron chi connectivity index (χ4n) is 2.75. The summed E-state index contributed by atoms with van der Waals surface area (Å²) in [5.41, 5.74) is 1.97. The third-order valence-electron chi connectivity index (χ3n) is 4.03. The first-order valence-corrected chi connectivity index (χ1v) is 8.44. The van der Waals surface area contributed by atoms with E-state index in [9.17, 15) is 9.18 Å². The molecule has 3 rings (SSSR count). The summed E-state index contributed by atoms with van der Waals surface area (Å²) in [5.74, 6) is 0.667. The summed E-state index contributed by atoms with van der Waals surface area (Å²) >= 11 is 0. The number of hydrogen-bond acceptors (Lipinski definition) is 5. The normalized spacial score (nSPS) is 10.4. The molecule has 0 aliphatic heterocycles. The van der Waals surface area contributed by atoms with E-state index in [1.165, 1.54) is 18.2 Å². The van der Waals surface area contributed by atoms with Crippen LogP contribution in [0.4, 0.5) is 10.1 Å². The number of carbonyl (C=O) groups excluding carboxylic acids is 1. The lowest BCUT2D eigenvalue weighted by molar-refractivity contribution is -0.118. The summed E-state index contributed by atoms with van der Waals surface area (Å²) in [4.78, 5) is 12.2. The zero-order valence-corrected chi connectivity index (χ0v) is 15.7. The van der Waals surface area contributed by atoms with E-state index in [0.29, 0.717) is 28.4 Å². The van der Waals surface area contributed by atoms with Crippen LogP contribution in [0.3, 0.4) is 0 Å². The first-order chi connectivity index (χ1) is 13.5. The second-order valence-electron chi connectivity index (χ2n) is 5.89. The van der Waals surface area contributed by atoms with E-state index in [-0.39, 0.29) is 18.3 Å². The fraction of sp³-hybridized carbons (Fsp3) is 0.200. The number of amides is 1. The smallest absolute Gasteiger partial charge is 0.262 e. The molecule has 0 unspecified atom stereocenters. The molecule has 1 heterocycles. The average Bonchev–Trinajstić information content (AvgIpc) is 3.07. The Labute approximate surface area is 161 Å². The number of nitrogens with one attached hydrogen (secondary N) is 1. The van der Waals surface area contributed by atoms with Crippen molar-refractivity contribution in [3.8, 4) is 28.5 Å². The van der Waals surface area contributed by atoms with Crippen molar-refractivity contribution in [2.75, 3.05) is 26.1 Å². The minimum absolute atomic E-state index is 0.250. The number of carbonyl (C=O) groups is 1. The van der Waals surface area contributed by atoms with Gasteiger partial charge in [-0.2, -0.15) is 5.10 Å². The van der Waals surface area contributed by atoms with Crippen LogP contribution in [-0.2, 0) is 11.8 Å². The number of benzene rings is 2. The SMILES string of the molecule is COc1ccc(NC(=O)COc2cccc(F)c2)cc1-c1c(OC)cnn1C. The third-order valence-corrected chi connectivity index (χ3v) is 4.03. The lowest BCUT2D eigenvalue weighted by Crippen LogP contribution is -2.20. The lowest BCUT2D eigenvalue weighted by atomic mass is 10.1. The van der Waals surface area contributed by atoms with Crippen molar-refractivity contribution in [2.24, 2.45) is 7.05 Å². The van der Waals surface area contributed by atoms with Gasteiger partial charge in [0.05, 0.1) is 20.4 Å². The van der Waals surface area contributed by atoms with Gasteiger partial charge in [0.25, 0.3) is 5.91 Å². The summed E-state index contributed by atoms with van der Waals surface area (Å²) < 4.78 is 30.9. The molecule has 3 aromatic rings. The van der Waals surface area contributed by atoms with Crippen molar-refractivity contribution in [3.05, 3.63) is 54.5 Å². The predicted octanol–water partition coefficient (Wildman–Crippen LogP) is 3.26. The standard InChI is InChI=1S/C20H20FN3O4/c1-24-20(18(27-3)11-22-24)16-10-14(7-8-17(16)26-2)23-19(25)12-28-15-6-4-5-13(21)9-15/h4-11H,12H2,1-3H3,(H,23,25). The molecular weight excluding hydrogens is 365 g/mol. The van der Waals surface area contributed by atoms with Gasteiger partial charge in [0.1, 0.15) is 23.0 Å². The average molecular weight is 385 g/mol. The van der Waals surface area contributed by atoms with Gasteiger partial charge in [0.2, 0.25) is 0 Å². The molecule has 0 saturated carbocycles. The van der Waals surface area contributed by atoms with Crippen molar-refractivity contribution in [3.63, 3.8) is 0 Å². The maximum Gasteiger partial charge on any atom is 0.262 e. The number of anilines is 1. The molecule has 0 bridgehead atoms. The van der Waals surface area contributed by atoms with Gasteiger partial charge in [-0.3, -0.25) is 9.48 Å². The van der Waals surface area contributed by atoms with Gasteiger partial charge >= 0.3 is 0 Å². The number of nitrogens with zero attached hydrogens (tertiary/aromatic N) is 2. The highest BCUT2D eigenvalue weighted by Gasteiger charge is 2.17. The van der Waals surface area contributed by atoms with Crippen LogP contribution in [0.25, 0.3) is 11.3 Å².